The lowest BCUT2D eigenvalue weighted by Crippen LogP contribution is -2.44. The van der Waals surface area contributed by atoms with Crippen molar-refractivity contribution in [2.45, 2.75) is 64.3 Å². The quantitative estimate of drug-likeness (QED) is 0.308. The van der Waals surface area contributed by atoms with E-state index in [1.807, 2.05) is 23.9 Å². The van der Waals surface area contributed by atoms with E-state index in [2.05, 4.69) is 21.8 Å². The van der Waals surface area contributed by atoms with Crippen molar-refractivity contribution in [1.82, 2.24) is 15.2 Å². The fraction of sp³-hybridized carbons (Fsp3) is 0.586. The number of hydrogen-bond acceptors (Lipinski definition) is 7. The molecule has 2 aliphatic rings. The first-order valence-corrected chi connectivity index (χ1v) is 16.0. The van der Waals surface area contributed by atoms with Crippen LogP contribution in [-0.2, 0) is 20.8 Å². The molecule has 2 fully saturated rings. The van der Waals surface area contributed by atoms with E-state index in [0.29, 0.717) is 42.3 Å². The number of rotatable bonds is 13. The molecule has 1 aliphatic carbocycles. The first-order chi connectivity index (χ1) is 18.3. The molecule has 2 aromatic rings. The Hall–Kier alpha value is -1.74. The second-order valence-electron chi connectivity index (χ2n) is 10.6. The van der Waals surface area contributed by atoms with Gasteiger partial charge in [0.05, 0.1) is 21.1 Å². The number of nitrogens with zero attached hydrogens (tertiary/aromatic N) is 2. The largest absolute Gasteiger partial charge is 0.353 e. The molecule has 0 spiro atoms. The third-order valence-electron chi connectivity index (χ3n) is 7.61. The summed E-state index contributed by atoms with van der Waals surface area (Å²) in [5.74, 6) is 2.03. The smallest absolute Gasteiger partial charge is 0.224 e. The number of nitrogens with one attached hydrogen (secondary N) is 1. The first-order valence-electron chi connectivity index (χ1n) is 13.6. The summed E-state index contributed by atoms with van der Waals surface area (Å²) in [7, 11) is 0. The molecule has 1 amide bonds. The fourth-order valence-electron chi connectivity index (χ4n) is 5.52. The van der Waals surface area contributed by atoms with Gasteiger partial charge < -0.3 is 10.1 Å². The molecule has 1 aromatic carbocycles. The van der Waals surface area contributed by atoms with E-state index in [9.17, 15) is 14.4 Å². The van der Waals surface area contributed by atoms with Crippen LogP contribution in [0.3, 0.4) is 0 Å². The highest BCUT2D eigenvalue weighted by molar-refractivity contribution is 7.99. The van der Waals surface area contributed by atoms with Crippen molar-refractivity contribution in [3.8, 4) is 0 Å². The Kier molecular flexibility index (Phi) is 10.8. The van der Waals surface area contributed by atoms with Crippen LogP contribution >= 0.6 is 34.7 Å². The Bertz CT molecular complexity index is 1160. The third kappa shape index (κ3) is 8.38. The number of carbonyl (C=O) groups excluding carboxylic acids is 3. The monoisotopic (exact) mass is 575 g/mol. The molecule has 206 valence electrons. The molecule has 1 aromatic heterocycles. The van der Waals surface area contributed by atoms with E-state index in [1.54, 1.807) is 6.07 Å². The summed E-state index contributed by atoms with van der Waals surface area (Å²) in [5.41, 5.74) is 1.51. The number of halogens is 1. The van der Waals surface area contributed by atoms with Gasteiger partial charge in [0.2, 0.25) is 5.91 Å². The Balaban J connectivity index is 1.39. The van der Waals surface area contributed by atoms with Gasteiger partial charge in [-0.15, -0.1) is 11.3 Å². The van der Waals surface area contributed by atoms with E-state index in [-0.39, 0.29) is 29.9 Å². The average Bonchev–Trinajstić information content (AvgIpc) is 3.56. The number of Topliss-reactive ketones (excluding diaryl/α,β-unsaturated/α-hetero) is 2. The molecule has 2 heterocycles. The molecule has 0 bridgehead atoms. The van der Waals surface area contributed by atoms with E-state index < -0.39 is 5.92 Å². The summed E-state index contributed by atoms with van der Waals surface area (Å²) in [6.07, 6.45) is 5.98. The zero-order valence-corrected chi connectivity index (χ0v) is 24.6. The molecule has 1 aliphatic heterocycles. The molecule has 6 nitrogen and oxygen atoms in total. The number of thioether (sulfide) groups is 1. The molecular formula is C29H38ClN3O3S2. The third-order valence-corrected chi connectivity index (χ3v) is 9.83. The predicted octanol–water partition coefficient (Wildman–Crippen LogP) is 5.72. The van der Waals surface area contributed by atoms with Crippen LogP contribution in [0.2, 0.25) is 5.02 Å². The van der Waals surface area contributed by atoms with Gasteiger partial charge in [-0.3, -0.25) is 14.5 Å². The predicted molar refractivity (Wildman–Crippen MR) is 158 cm³/mol. The summed E-state index contributed by atoms with van der Waals surface area (Å²) in [6.45, 7) is 8.23. The van der Waals surface area contributed by atoms with Crippen LogP contribution in [0.25, 0.3) is 10.2 Å². The van der Waals surface area contributed by atoms with Crippen LogP contribution in [0.4, 0.5) is 0 Å². The Morgan fingerprint density at radius 2 is 1.95 bits per heavy atom. The summed E-state index contributed by atoms with van der Waals surface area (Å²) in [4.78, 5) is 45.6. The highest BCUT2D eigenvalue weighted by atomic mass is 35.5. The van der Waals surface area contributed by atoms with E-state index in [4.69, 9.17) is 11.6 Å². The maximum Gasteiger partial charge on any atom is 0.224 e. The van der Waals surface area contributed by atoms with Crippen LogP contribution in [0, 0.1) is 11.8 Å². The Morgan fingerprint density at radius 1 is 1.21 bits per heavy atom. The molecule has 38 heavy (non-hydrogen) atoms. The van der Waals surface area contributed by atoms with Crippen molar-refractivity contribution in [3.05, 3.63) is 40.4 Å². The van der Waals surface area contributed by atoms with Crippen LogP contribution in [0.1, 0.15) is 56.9 Å². The molecule has 0 unspecified atom stereocenters. The molecule has 1 saturated heterocycles. The van der Waals surface area contributed by atoms with Gasteiger partial charge in [0.15, 0.2) is 5.78 Å². The average molecular weight is 576 g/mol. The number of carbonyl (C=O) groups is 3. The van der Waals surface area contributed by atoms with Gasteiger partial charge in [-0.2, -0.15) is 11.8 Å². The molecule has 9 heteroatoms. The van der Waals surface area contributed by atoms with Crippen molar-refractivity contribution in [1.29, 1.82) is 0 Å². The number of ketones is 2. The standard InChI is InChI=1S/C29H38ClN3O3S2/c1-19(18-33-11-13-37-14-12-33)26(35)10-9-24(21-5-3-4-6-21)32-29(36)22(15-20(2)34)16-28-31-25-8-7-23(30)17-27(25)38-28/h7-8,17,21-22,24H,1,3-6,9-16,18H2,2H3,(H,32,36)/t22-,24+/m0/s1. The number of thiazole rings is 1. The first kappa shape index (κ1) is 29.2. The van der Waals surface area contributed by atoms with Crippen LogP contribution in [0.5, 0.6) is 0 Å². The summed E-state index contributed by atoms with van der Waals surface area (Å²) < 4.78 is 0.973. The zero-order valence-electron chi connectivity index (χ0n) is 22.2. The van der Waals surface area contributed by atoms with Crippen molar-refractivity contribution in [3.63, 3.8) is 0 Å². The lowest BCUT2D eigenvalue weighted by atomic mass is 9.90. The number of fused-ring (bicyclic) bond motifs is 1. The van der Waals surface area contributed by atoms with Crippen molar-refractivity contribution >= 4 is 62.4 Å². The van der Waals surface area contributed by atoms with E-state index in [0.717, 1.165) is 65.5 Å². The maximum absolute atomic E-state index is 13.5. The highest BCUT2D eigenvalue weighted by Gasteiger charge is 2.30. The highest BCUT2D eigenvalue weighted by Crippen LogP contribution is 2.31. The Morgan fingerprint density at radius 3 is 2.66 bits per heavy atom. The topological polar surface area (TPSA) is 79.4 Å². The minimum Gasteiger partial charge on any atom is -0.353 e. The fourth-order valence-corrected chi connectivity index (χ4v) is 7.82. The summed E-state index contributed by atoms with van der Waals surface area (Å²) in [5, 5.41) is 4.75. The number of aromatic nitrogens is 1. The number of benzene rings is 1. The van der Waals surface area contributed by atoms with Crippen LogP contribution < -0.4 is 5.32 Å². The molecule has 0 radical (unpaired) electrons. The van der Waals surface area contributed by atoms with Gasteiger partial charge in [-0.05, 0) is 50.3 Å². The van der Waals surface area contributed by atoms with E-state index >= 15 is 0 Å². The molecule has 4 rings (SSSR count). The minimum absolute atomic E-state index is 0.0192. The van der Waals surface area contributed by atoms with Crippen molar-refractivity contribution in [2.24, 2.45) is 11.8 Å². The zero-order chi connectivity index (χ0) is 27.1. The lowest BCUT2D eigenvalue weighted by molar-refractivity contribution is -0.129. The second-order valence-corrected chi connectivity index (χ2v) is 13.4. The molecule has 1 N–H and O–H groups in total. The summed E-state index contributed by atoms with van der Waals surface area (Å²) >= 11 is 9.59. The Labute approximate surface area is 239 Å². The van der Waals surface area contributed by atoms with Crippen molar-refractivity contribution in [2.75, 3.05) is 31.1 Å². The maximum atomic E-state index is 13.5. The number of hydrogen-bond donors (Lipinski definition) is 1. The minimum atomic E-state index is -0.491. The lowest BCUT2D eigenvalue weighted by Gasteiger charge is -2.28. The summed E-state index contributed by atoms with van der Waals surface area (Å²) in [6, 6.07) is 5.49. The SMILES string of the molecule is C=C(CN1CCSCC1)C(=O)CC[C@@H](NC(=O)[C@@H](CC(C)=O)Cc1nc2ccc(Cl)cc2s1)C1CCCC1. The van der Waals surface area contributed by atoms with Crippen molar-refractivity contribution < 1.29 is 14.4 Å². The second kappa shape index (κ2) is 14.1. The van der Waals surface area contributed by atoms with Gasteiger partial charge in [-0.25, -0.2) is 4.98 Å². The molecule has 1 saturated carbocycles. The van der Waals surface area contributed by atoms with Gasteiger partial charge in [0, 0.05) is 67.0 Å². The van der Waals surface area contributed by atoms with Gasteiger partial charge in [0.25, 0.3) is 0 Å². The molecular weight excluding hydrogens is 538 g/mol. The normalized spacial score (nSPS) is 18.4. The van der Waals surface area contributed by atoms with Gasteiger partial charge in [-0.1, -0.05) is 31.0 Å². The van der Waals surface area contributed by atoms with Gasteiger partial charge >= 0.3 is 0 Å². The van der Waals surface area contributed by atoms with Gasteiger partial charge in [0.1, 0.15) is 5.78 Å². The van der Waals surface area contributed by atoms with Crippen LogP contribution in [0.15, 0.2) is 30.4 Å². The molecule has 2 atom stereocenters. The van der Waals surface area contributed by atoms with E-state index in [1.165, 1.54) is 18.3 Å². The number of amides is 1. The van der Waals surface area contributed by atoms with Crippen LogP contribution in [-0.4, -0.2) is 64.5 Å².